The second-order valence-electron chi connectivity index (χ2n) is 7.76. The summed E-state index contributed by atoms with van der Waals surface area (Å²) >= 11 is 0. The number of fused-ring (bicyclic) bond motifs is 1. The van der Waals surface area contributed by atoms with Gasteiger partial charge in [0.1, 0.15) is 17.7 Å². The van der Waals surface area contributed by atoms with E-state index in [1.807, 2.05) is 31.2 Å². The predicted octanol–water partition coefficient (Wildman–Crippen LogP) is 4.53. The van der Waals surface area contributed by atoms with Gasteiger partial charge in [-0.15, -0.1) is 0 Å². The van der Waals surface area contributed by atoms with Gasteiger partial charge in [-0.3, -0.25) is 0 Å². The fourth-order valence-electron chi connectivity index (χ4n) is 3.83. The number of nitrogens with one attached hydrogen (secondary N) is 2. The molecule has 0 saturated carbocycles. The Balaban J connectivity index is 1.32. The number of aryl methyl sites for hydroxylation is 1. The zero-order valence-electron chi connectivity index (χ0n) is 17.2. The van der Waals surface area contributed by atoms with E-state index in [1.165, 1.54) is 0 Å². The molecule has 1 aliphatic rings. The molecule has 0 aliphatic carbocycles. The number of benzene rings is 2. The Bertz CT molecular complexity index is 1220. The Labute approximate surface area is 179 Å². The maximum atomic E-state index is 14.8. The van der Waals surface area contributed by atoms with Crippen molar-refractivity contribution in [3.8, 4) is 17.4 Å². The van der Waals surface area contributed by atoms with Gasteiger partial charge >= 0.3 is 0 Å². The van der Waals surface area contributed by atoms with Crippen LogP contribution in [0.5, 0.6) is 17.4 Å². The van der Waals surface area contributed by atoms with Gasteiger partial charge in [0.25, 0.3) is 0 Å². The van der Waals surface area contributed by atoms with Gasteiger partial charge in [0, 0.05) is 41.8 Å². The largest absolute Gasteiger partial charge is 0.489 e. The van der Waals surface area contributed by atoms with E-state index < -0.39 is 5.82 Å². The minimum absolute atomic E-state index is 0.136. The van der Waals surface area contributed by atoms with Crippen molar-refractivity contribution >= 4 is 10.9 Å². The standard InChI is InChI=1S/C24H23FN4O2/c1-15-11-19-20(28-15)5-6-21(24(19)25)31-23-8-10-27-22(29-23)13-16-3-2-4-17(12-16)30-18-7-9-26-14-18/h2-6,8,10-12,18,26,28H,7,9,13-14H2,1H3/t18-/m0/s1. The maximum absolute atomic E-state index is 14.8. The SMILES string of the molecule is Cc1cc2c(F)c(Oc3ccnc(Cc4cccc(O[C@H]5CCNC5)c4)n3)ccc2[nH]1. The molecule has 0 unspecified atom stereocenters. The molecule has 5 rings (SSSR count). The monoisotopic (exact) mass is 418 g/mol. The minimum atomic E-state index is -0.409. The Morgan fingerprint density at radius 3 is 2.97 bits per heavy atom. The molecule has 0 spiro atoms. The lowest BCUT2D eigenvalue weighted by Gasteiger charge is -2.13. The van der Waals surface area contributed by atoms with E-state index in [0.29, 0.717) is 23.5 Å². The van der Waals surface area contributed by atoms with Crippen LogP contribution in [0.25, 0.3) is 10.9 Å². The Morgan fingerprint density at radius 1 is 1.16 bits per heavy atom. The Kier molecular flexibility index (Phi) is 5.26. The highest BCUT2D eigenvalue weighted by Crippen LogP contribution is 2.30. The molecule has 0 amide bonds. The van der Waals surface area contributed by atoms with E-state index in [0.717, 1.165) is 42.0 Å². The third-order valence-corrected chi connectivity index (χ3v) is 5.31. The highest BCUT2D eigenvalue weighted by Gasteiger charge is 2.16. The second kappa shape index (κ2) is 8.35. The molecular formula is C24H23FN4O2. The van der Waals surface area contributed by atoms with Crippen LogP contribution in [0.3, 0.4) is 0 Å². The van der Waals surface area contributed by atoms with Gasteiger partial charge in [0.05, 0.1) is 0 Å². The van der Waals surface area contributed by atoms with Crippen LogP contribution in [0.4, 0.5) is 4.39 Å². The lowest BCUT2D eigenvalue weighted by molar-refractivity contribution is 0.223. The van der Waals surface area contributed by atoms with Gasteiger partial charge in [0.2, 0.25) is 5.88 Å². The van der Waals surface area contributed by atoms with Crippen molar-refractivity contribution < 1.29 is 13.9 Å². The summed E-state index contributed by atoms with van der Waals surface area (Å²) in [7, 11) is 0. The molecule has 2 aromatic heterocycles. The third-order valence-electron chi connectivity index (χ3n) is 5.31. The van der Waals surface area contributed by atoms with Gasteiger partial charge in [-0.25, -0.2) is 9.37 Å². The van der Waals surface area contributed by atoms with Gasteiger partial charge in [-0.05, 0) is 55.8 Å². The van der Waals surface area contributed by atoms with Crippen LogP contribution in [0.15, 0.2) is 54.7 Å². The molecular weight excluding hydrogens is 395 g/mol. The van der Waals surface area contributed by atoms with E-state index in [-0.39, 0.29) is 11.9 Å². The summed E-state index contributed by atoms with van der Waals surface area (Å²) in [5.41, 5.74) is 2.67. The summed E-state index contributed by atoms with van der Waals surface area (Å²) in [4.78, 5) is 11.9. The van der Waals surface area contributed by atoms with Crippen LogP contribution >= 0.6 is 0 Å². The van der Waals surface area contributed by atoms with Crippen LogP contribution in [0.1, 0.15) is 23.5 Å². The van der Waals surface area contributed by atoms with Crippen molar-refractivity contribution in [3.63, 3.8) is 0 Å². The summed E-state index contributed by atoms with van der Waals surface area (Å²) in [6.07, 6.45) is 3.37. The molecule has 0 bridgehead atoms. The first-order chi connectivity index (χ1) is 15.1. The second-order valence-corrected chi connectivity index (χ2v) is 7.76. The number of hydrogen-bond acceptors (Lipinski definition) is 5. The molecule has 31 heavy (non-hydrogen) atoms. The van der Waals surface area contributed by atoms with Crippen LogP contribution in [0.2, 0.25) is 0 Å². The van der Waals surface area contributed by atoms with Crippen LogP contribution in [-0.4, -0.2) is 34.1 Å². The van der Waals surface area contributed by atoms with Gasteiger partial charge in [0.15, 0.2) is 11.6 Å². The zero-order valence-corrected chi connectivity index (χ0v) is 17.2. The van der Waals surface area contributed by atoms with E-state index >= 15 is 0 Å². The van der Waals surface area contributed by atoms with Crippen molar-refractivity contribution in [2.45, 2.75) is 25.9 Å². The van der Waals surface area contributed by atoms with E-state index in [2.05, 4.69) is 20.3 Å². The number of rotatable bonds is 6. The molecule has 2 N–H and O–H groups in total. The van der Waals surface area contributed by atoms with Gasteiger partial charge < -0.3 is 19.8 Å². The number of H-pyrrole nitrogens is 1. The average Bonchev–Trinajstić information content (AvgIpc) is 3.40. The molecule has 0 radical (unpaired) electrons. The molecule has 4 aromatic rings. The first kappa shape index (κ1) is 19.5. The number of nitrogens with zero attached hydrogens (tertiary/aromatic N) is 2. The fourth-order valence-corrected chi connectivity index (χ4v) is 3.83. The molecule has 6 nitrogen and oxygen atoms in total. The smallest absolute Gasteiger partial charge is 0.222 e. The lowest BCUT2D eigenvalue weighted by Crippen LogP contribution is -2.19. The van der Waals surface area contributed by atoms with Crippen molar-refractivity contribution in [2.24, 2.45) is 0 Å². The highest BCUT2D eigenvalue weighted by atomic mass is 19.1. The van der Waals surface area contributed by atoms with Crippen molar-refractivity contribution in [1.82, 2.24) is 20.3 Å². The van der Waals surface area contributed by atoms with Crippen LogP contribution in [0, 0.1) is 12.7 Å². The van der Waals surface area contributed by atoms with Crippen LogP contribution in [-0.2, 0) is 6.42 Å². The first-order valence-corrected chi connectivity index (χ1v) is 10.4. The number of ether oxygens (including phenoxy) is 2. The minimum Gasteiger partial charge on any atom is -0.489 e. The van der Waals surface area contributed by atoms with E-state index in [4.69, 9.17) is 9.47 Å². The first-order valence-electron chi connectivity index (χ1n) is 10.4. The van der Waals surface area contributed by atoms with Crippen molar-refractivity contribution in [2.75, 3.05) is 13.1 Å². The van der Waals surface area contributed by atoms with E-state index in [1.54, 1.807) is 30.5 Å². The van der Waals surface area contributed by atoms with Crippen molar-refractivity contribution in [1.29, 1.82) is 0 Å². The predicted molar refractivity (Wildman–Crippen MR) is 116 cm³/mol. The normalized spacial score (nSPS) is 16.0. The molecule has 7 heteroatoms. The Morgan fingerprint density at radius 2 is 2.10 bits per heavy atom. The Hall–Kier alpha value is -3.45. The van der Waals surface area contributed by atoms with Gasteiger partial charge in [-0.1, -0.05) is 12.1 Å². The number of aromatic nitrogens is 3. The maximum Gasteiger partial charge on any atom is 0.222 e. The summed E-state index contributed by atoms with van der Waals surface area (Å²) in [5, 5.41) is 3.80. The topological polar surface area (TPSA) is 72.1 Å². The summed E-state index contributed by atoms with van der Waals surface area (Å²) in [5.74, 6) is 1.47. The van der Waals surface area contributed by atoms with Gasteiger partial charge in [-0.2, -0.15) is 4.98 Å². The average molecular weight is 418 g/mol. The molecule has 1 fully saturated rings. The molecule has 1 atom stereocenters. The summed E-state index contributed by atoms with van der Waals surface area (Å²) in [6.45, 7) is 3.75. The lowest BCUT2D eigenvalue weighted by atomic mass is 10.1. The zero-order chi connectivity index (χ0) is 21.2. The summed E-state index contributed by atoms with van der Waals surface area (Å²) < 4.78 is 26.6. The number of halogens is 1. The molecule has 1 aliphatic heterocycles. The summed E-state index contributed by atoms with van der Waals surface area (Å²) in [6, 6.07) is 14.8. The number of aromatic amines is 1. The fraction of sp³-hybridized carbons (Fsp3) is 0.250. The van der Waals surface area contributed by atoms with E-state index in [9.17, 15) is 4.39 Å². The molecule has 2 aromatic carbocycles. The molecule has 1 saturated heterocycles. The van der Waals surface area contributed by atoms with Crippen molar-refractivity contribution in [3.05, 3.63) is 77.6 Å². The highest BCUT2D eigenvalue weighted by molar-refractivity contribution is 5.82. The van der Waals surface area contributed by atoms with Crippen LogP contribution < -0.4 is 14.8 Å². The molecule has 158 valence electrons. The molecule has 3 heterocycles. The third kappa shape index (κ3) is 4.36. The number of hydrogen-bond donors (Lipinski definition) is 2. The quantitative estimate of drug-likeness (QED) is 0.481.